The molecule has 0 radical (unpaired) electrons. The van der Waals surface area contributed by atoms with Gasteiger partial charge in [-0.1, -0.05) is 29.8 Å². The molecular formula is C14H19NO2. The third kappa shape index (κ3) is 3.38. The molecule has 0 spiro atoms. The molecule has 0 aliphatic carbocycles. The van der Waals surface area contributed by atoms with Gasteiger partial charge in [-0.3, -0.25) is 9.69 Å². The second-order valence-corrected chi connectivity index (χ2v) is 4.71. The van der Waals surface area contributed by atoms with Gasteiger partial charge in [0.15, 0.2) is 5.78 Å². The summed E-state index contributed by atoms with van der Waals surface area (Å²) in [6.07, 6.45) is 0.231. The molecule has 3 heteroatoms. The number of morpholine rings is 1. The zero-order valence-electron chi connectivity index (χ0n) is 10.5. The molecule has 0 bridgehead atoms. The number of aryl methyl sites for hydroxylation is 1. The molecule has 0 aromatic heterocycles. The van der Waals surface area contributed by atoms with E-state index in [9.17, 15) is 4.79 Å². The van der Waals surface area contributed by atoms with Gasteiger partial charge in [0.1, 0.15) is 0 Å². The largest absolute Gasteiger partial charge is 0.376 e. The van der Waals surface area contributed by atoms with Crippen molar-refractivity contribution < 1.29 is 9.53 Å². The van der Waals surface area contributed by atoms with E-state index >= 15 is 0 Å². The highest BCUT2D eigenvalue weighted by atomic mass is 16.5. The molecule has 0 amide bonds. The van der Waals surface area contributed by atoms with Crippen LogP contribution in [0.15, 0.2) is 24.3 Å². The zero-order chi connectivity index (χ0) is 12.3. The minimum atomic E-state index is 0.194. The van der Waals surface area contributed by atoms with Crippen molar-refractivity contribution in [2.24, 2.45) is 0 Å². The smallest absolute Gasteiger partial charge is 0.176 e. The molecule has 1 aliphatic rings. The minimum absolute atomic E-state index is 0.194. The van der Waals surface area contributed by atoms with Gasteiger partial charge in [-0.25, -0.2) is 0 Å². The van der Waals surface area contributed by atoms with Crippen LogP contribution in [0.1, 0.15) is 22.8 Å². The highest BCUT2D eigenvalue weighted by Gasteiger charge is 2.19. The minimum Gasteiger partial charge on any atom is -0.376 e. The predicted molar refractivity (Wildman–Crippen MR) is 67.4 cm³/mol. The molecule has 1 saturated heterocycles. The second kappa shape index (κ2) is 5.43. The van der Waals surface area contributed by atoms with Gasteiger partial charge < -0.3 is 4.74 Å². The molecule has 3 nitrogen and oxygen atoms in total. The molecule has 1 unspecified atom stereocenters. The number of hydrogen-bond acceptors (Lipinski definition) is 3. The average Bonchev–Trinajstić information content (AvgIpc) is 2.29. The van der Waals surface area contributed by atoms with Crippen molar-refractivity contribution in [3.63, 3.8) is 0 Å². The Bertz CT molecular complexity index is 386. The van der Waals surface area contributed by atoms with E-state index in [4.69, 9.17) is 4.74 Å². The lowest BCUT2D eigenvalue weighted by Gasteiger charge is -2.30. The number of benzene rings is 1. The molecule has 1 atom stereocenters. The Morgan fingerprint density at radius 3 is 2.76 bits per heavy atom. The van der Waals surface area contributed by atoms with Crippen LogP contribution >= 0.6 is 0 Å². The van der Waals surface area contributed by atoms with Gasteiger partial charge in [0, 0.05) is 18.7 Å². The van der Waals surface area contributed by atoms with Crippen LogP contribution in [0.4, 0.5) is 0 Å². The van der Waals surface area contributed by atoms with Crippen LogP contribution in [-0.4, -0.2) is 43.0 Å². The summed E-state index contributed by atoms with van der Waals surface area (Å²) in [4.78, 5) is 14.2. The molecule has 1 heterocycles. The van der Waals surface area contributed by atoms with Crippen LogP contribution in [0, 0.1) is 6.92 Å². The first-order valence-corrected chi connectivity index (χ1v) is 6.09. The summed E-state index contributed by atoms with van der Waals surface area (Å²) in [5.41, 5.74) is 1.98. The summed E-state index contributed by atoms with van der Waals surface area (Å²) in [6.45, 7) is 6.99. The van der Waals surface area contributed by atoms with Crippen molar-refractivity contribution >= 4 is 5.78 Å². The lowest BCUT2D eigenvalue weighted by atomic mass is 10.1. The quantitative estimate of drug-likeness (QED) is 0.747. The number of hydrogen-bond donors (Lipinski definition) is 0. The number of ketones is 1. The SMILES string of the molecule is Cc1ccc(C(=O)CN2CCOC(C)C2)cc1. The van der Waals surface area contributed by atoms with Gasteiger partial charge in [-0.15, -0.1) is 0 Å². The first-order valence-electron chi connectivity index (χ1n) is 6.09. The van der Waals surface area contributed by atoms with Crippen molar-refractivity contribution in [2.75, 3.05) is 26.2 Å². The number of Topliss-reactive ketones (excluding diaryl/α,β-unsaturated/α-hetero) is 1. The summed E-state index contributed by atoms with van der Waals surface area (Å²) in [7, 11) is 0. The van der Waals surface area contributed by atoms with Gasteiger partial charge in [0.05, 0.1) is 19.3 Å². The van der Waals surface area contributed by atoms with Crippen LogP contribution in [-0.2, 0) is 4.74 Å². The fourth-order valence-corrected chi connectivity index (χ4v) is 2.07. The molecule has 1 aromatic carbocycles. The maximum atomic E-state index is 12.0. The van der Waals surface area contributed by atoms with E-state index in [1.807, 2.05) is 38.1 Å². The highest BCUT2D eigenvalue weighted by Crippen LogP contribution is 2.08. The van der Waals surface area contributed by atoms with Crippen molar-refractivity contribution in [2.45, 2.75) is 20.0 Å². The van der Waals surface area contributed by atoms with Crippen molar-refractivity contribution in [3.05, 3.63) is 35.4 Å². The summed E-state index contributed by atoms with van der Waals surface area (Å²) in [5, 5.41) is 0. The molecular weight excluding hydrogens is 214 g/mol. The monoisotopic (exact) mass is 233 g/mol. The number of nitrogens with zero attached hydrogens (tertiary/aromatic N) is 1. The van der Waals surface area contributed by atoms with Gasteiger partial charge in [-0.05, 0) is 13.8 Å². The lowest BCUT2D eigenvalue weighted by Crippen LogP contribution is -2.43. The standard InChI is InChI=1S/C14H19NO2/c1-11-3-5-13(6-4-11)14(16)10-15-7-8-17-12(2)9-15/h3-6,12H,7-10H2,1-2H3. The van der Waals surface area contributed by atoms with E-state index in [-0.39, 0.29) is 11.9 Å². The first-order chi connectivity index (χ1) is 8.15. The van der Waals surface area contributed by atoms with Gasteiger partial charge in [0.25, 0.3) is 0 Å². The van der Waals surface area contributed by atoms with Gasteiger partial charge in [0.2, 0.25) is 0 Å². The number of carbonyl (C=O) groups is 1. The summed E-state index contributed by atoms with van der Waals surface area (Å²) < 4.78 is 5.46. The summed E-state index contributed by atoms with van der Waals surface area (Å²) in [6, 6.07) is 7.77. The Kier molecular flexibility index (Phi) is 3.92. The maximum absolute atomic E-state index is 12.0. The van der Waals surface area contributed by atoms with E-state index in [0.29, 0.717) is 6.54 Å². The molecule has 92 valence electrons. The molecule has 17 heavy (non-hydrogen) atoms. The van der Waals surface area contributed by atoms with Crippen molar-refractivity contribution in [1.29, 1.82) is 0 Å². The molecule has 1 aliphatic heterocycles. The third-order valence-electron chi connectivity index (χ3n) is 3.07. The summed E-state index contributed by atoms with van der Waals surface area (Å²) in [5.74, 6) is 0.194. The van der Waals surface area contributed by atoms with Crippen LogP contribution in [0.5, 0.6) is 0 Å². The van der Waals surface area contributed by atoms with E-state index in [0.717, 1.165) is 25.3 Å². The lowest BCUT2D eigenvalue weighted by molar-refractivity contribution is -0.0158. The average molecular weight is 233 g/mol. The van der Waals surface area contributed by atoms with Crippen LogP contribution in [0.2, 0.25) is 0 Å². The van der Waals surface area contributed by atoms with E-state index in [2.05, 4.69) is 4.90 Å². The third-order valence-corrected chi connectivity index (χ3v) is 3.07. The van der Waals surface area contributed by atoms with E-state index < -0.39 is 0 Å². The normalized spacial score (nSPS) is 21.4. The topological polar surface area (TPSA) is 29.5 Å². The van der Waals surface area contributed by atoms with Crippen LogP contribution < -0.4 is 0 Å². The van der Waals surface area contributed by atoms with Gasteiger partial charge in [-0.2, -0.15) is 0 Å². The predicted octanol–water partition coefficient (Wildman–Crippen LogP) is 1.90. The number of ether oxygens (including phenoxy) is 1. The van der Waals surface area contributed by atoms with Gasteiger partial charge >= 0.3 is 0 Å². The Hall–Kier alpha value is -1.19. The Morgan fingerprint density at radius 1 is 1.41 bits per heavy atom. The molecule has 1 aromatic rings. The maximum Gasteiger partial charge on any atom is 0.176 e. The summed E-state index contributed by atoms with van der Waals surface area (Å²) >= 11 is 0. The van der Waals surface area contributed by atoms with Crippen molar-refractivity contribution in [1.82, 2.24) is 4.90 Å². The molecule has 2 rings (SSSR count). The van der Waals surface area contributed by atoms with Crippen molar-refractivity contribution in [3.8, 4) is 0 Å². The number of rotatable bonds is 3. The Morgan fingerprint density at radius 2 is 2.12 bits per heavy atom. The van der Waals surface area contributed by atoms with E-state index in [1.54, 1.807) is 0 Å². The zero-order valence-corrected chi connectivity index (χ0v) is 10.5. The first kappa shape index (κ1) is 12.3. The molecule has 1 fully saturated rings. The Balaban J connectivity index is 1.94. The fourth-order valence-electron chi connectivity index (χ4n) is 2.07. The molecule has 0 saturated carbocycles. The van der Waals surface area contributed by atoms with Crippen LogP contribution in [0.3, 0.4) is 0 Å². The van der Waals surface area contributed by atoms with E-state index in [1.165, 1.54) is 5.56 Å². The highest BCUT2D eigenvalue weighted by molar-refractivity contribution is 5.97. The Labute approximate surface area is 102 Å². The number of carbonyl (C=O) groups excluding carboxylic acids is 1. The fraction of sp³-hybridized carbons (Fsp3) is 0.500. The second-order valence-electron chi connectivity index (χ2n) is 4.71. The molecule has 0 N–H and O–H groups in total. The van der Waals surface area contributed by atoms with Crippen LogP contribution in [0.25, 0.3) is 0 Å².